The first-order valence-corrected chi connectivity index (χ1v) is 8.54. The van der Waals surface area contributed by atoms with E-state index in [1.807, 2.05) is 5.38 Å². The highest BCUT2D eigenvalue weighted by atomic mass is 32.1. The highest BCUT2D eigenvalue weighted by molar-refractivity contribution is 7.10. The molecule has 1 fully saturated rings. The zero-order valence-corrected chi connectivity index (χ0v) is 12.9. The summed E-state index contributed by atoms with van der Waals surface area (Å²) in [5.41, 5.74) is 1.75. The molecule has 3 nitrogen and oxygen atoms in total. The maximum Gasteiger partial charge on any atom is 0.252 e. The van der Waals surface area contributed by atoms with Crippen molar-refractivity contribution >= 4 is 17.2 Å². The van der Waals surface area contributed by atoms with Crippen LogP contribution in [0.1, 0.15) is 59.8 Å². The molecular weight excluding hydrogens is 270 g/mol. The first kappa shape index (κ1) is 14.1. The van der Waals surface area contributed by atoms with Crippen LogP contribution in [0.2, 0.25) is 0 Å². The van der Waals surface area contributed by atoms with Crippen LogP contribution in [-0.2, 0) is 12.8 Å². The van der Waals surface area contributed by atoms with E-state index in [2.05, 4.69) is 12.2 Å². The smallest absolute Gasteiger partial charge is 0.252 e. The molecule has 0 radical (unpaired) electrons. The zero-order chi connectivity index (χ0) is 14.2. The van der Waals surface area contributed by atoms with E-state index in [1.54, 1.807) is 11.3 Å². The quantitative estimate of drug-likeness (QED) is 0.900. The van der Waals surface area contributed by atoms with Gasteiger partial charge in [0, 0.05) is 10.3 Å². The van der Waals surface area contributed by atoms with Crippen LogP contribution in [-0.4, -0.2) is 23.2 Å². The molecule has 2 N–H and O–H groups in total. The number of nitrogens with one attached hydrogen (secondary N) is 1. The van der Waals surface area contributed by atoms with Crippen LogP contribution >= 0.6 is 11.3 Å². The van der Waals surface area contributed by atoms with E-state index in [4.69, 9.17) is 0 Å². The van der Waals surface area contributed by atoms with Crippen molar-refractivity contribution in [3.63, 3.8) is 0 Å². The molecule has 4 heteroatoms. The fourth-order valence-electron chi connectivity index (χ4n) is 3.55. The van der Waals surface area contributed by atoms with Crippen molar-refractivity contribution in [3.05, 3.63) is 21.4 Å². The third-order valence-corrected chi connectivity index (χ3v) is 5.94. The van der Waals surface area contributed by atoms with Crippen molar-refractivity contribution < 1.29 is 9.90 Å². The van der Waals surface area contributed by atoms with Crippen molar-refractivity contribution in [2.75, 3.05) is 6.61 Å². The molecule has 20 heavy (non-hydrogen) atoms. The van der Waals surface area contributed by atoms with Gasteiger partial charge in [-0.25, -0.2) is 0 Å². The molecule has 0 spiro atoms. The second-order valence-electron chi connectivity index (χ2n) is 6.50. The van der Waals surface area contributed by atoms with Gasteiger partial charge in [-0.3, -0.25) is 4.79 Å². The number of fused-ring (bicyclic) bond motifs is 1. The normalized spacial score (nSPS) is 24.4. The molecule has 0 aromatic carbocycles. The molecule has 1 atom stereocenters. The Kier molecular flexibility index (Phi) is 3.87. The Morgan fingerprint density at radius 2 is 2.25 bits per heavy atom. The molecule has 0 bridgehead atoms. The van der Waals surface area contributed by atoms with E-state index in [0.29, 0.717) is 0 Å². The van der Waals surface area contributed by atoms with Gasteiger partial charge in [0.2, 0.25) is 0 Å². The van der Waals surface area contributed by atoms with Crippen molar-refractivity contribution in [1.29, 1.82) is 0 Å². The molecule has 1 aromatic heterocycles. The molecule has 3 rings (SSSR count). The zero-order valence-electron chi connectivity index (χ0n) is 12.1. The number of amides is 1. The second-order valence-corrected chi connectivity index (χ2v) is 7.46. The number of aliphatic hydroxyl groups excluding tert-OH is 1. The number of hydrogen-bond acceptors (Lipinski definition) is 3. The average Bonchev–Trinajstić information content (AvgIpc) is 3.05. The van der Waals surface area contributed by atoms with Crippen LogP contribution in [0.4, 0.5) is 0 Å². The number of carbonyl (C=O) groups is 1. The number of hydrogen-bond donors (Lipinski definition) is 2. The van der Waals surface area contributed by atoms with Gasteiger partial charge in [0.25, 0.3) is 5.91 Å². The van der Waals surface area contributed by atoms with E-state index >= 15 is 0 Å². The van der Waals surface area contributed by atoms with Gasteiger partial charge < -0.3 is 10.4 Å². The lowest BCUT2D eigenvalue weighted by molar-refractivity contribution is 0.0837. The number of rotatable bonds is 3. The molecule has 1 amide bonds. The third-order valence-electron chi connectivity index (χ3n) is 4.89. The number of aliphatic hydroxyl groups is 1. The maximum absolute atomic E-state index is 12.6. The fourth-order valence-corrected chi connectivity index (χ4v) is 4.79. The van der Waals surface area contributed by atoms with Gasteiger partial charge in [-0.2, -0.15) is 0 Å². The molecule has 0 aliphatic heterocycles. The summed E-state index contributed by atoms with van der Waals surface area (Å²) < 4.78 is 0. The maximum atomic E-state index is 12.6. The summed E-state index contributed by atoms with van der Waals surface area (Å²) in [7, 11) is 0. The Morgan fingerprint density at radius 1 is 1.50 bits per heavy atom. The number of carbonyl (C=O) groups excluding carboxylic acids is 1. The van der Waals surface area contributed by atoms with Gasteiger partial charge in [-0.05, 0) is 43.6 Å². The van der Waals surface area contributed by atoms with Gasteiger partial charge in [0.15, 0.2) is 0 Å². The molecule has 2 aliphatic rings. The minimum atomic E-state index is -0.367. The molecule has 1 saturated carbocycles. The molecule has 1 unspecified atom stereocenters. The summed E-state index contributed by atoms with van der Waals surface area (Å²) in [5.74, 6) is 0.753. The number of thiophene rings is 1. The standard InChI is InChI=1S/C16H23NO2S/c1-11-4-5-12-13(9-20-14(12)8-11)15(19)17-16(10-18)6-2-3-7-16/h9,11,18H,2-8,10H2,1H3,(H,17,19). The summed E-state index contributed by atoms with van der Waals surface area (Å²) in [5, 5.41) is 14.8. The monoisotopic (exact) mass is 293 g/mol. The van der Waals surface area contributed by atoms with Gasteiger partial charge in [-0.15, -0.1) is 11.3 Å². The van der Waals surface area contributed by atoms with Gasteiger partial charge >= 0.3 is 0 Å². The van der Waals surface area contributed by atoms with Crippen LogP contribution < -0.4 is 5.32 Å². The Hall–Kier alpha value is -0.870. The summed E-state index contributed by atoms with van der Waals surface area (Å²) >= 11 is 1.73. The van der Waals surface area contributed by atoms with Crippen LogP contribution in [0.25, 0.3) is 0 Å². The molecule has 1 heterocycles. The topological polar surface area (TPSA) is 49.3 Å². The van der Waals surface area contributed by atoms with Gasteiger partial charge in [0.05, 0.1) is 17.7 Å². The Bertz CT molecular complexity index is 503. The molecule has 0 saturated heterocycles. The molecular formula is C16H23NO2S. The van der Waals surface area contributed by atoms with Crippen LogP contribution in [0.3, 0.4) is 0 Å². The van der Waals surface area contributed by atoms with E-state index in [9.17, 15) is 9.90 Å². The largest absolute Gasteiger partial charge is 0.394 e. The highest BCUT2D eigenvalue weighted by Gasteiger charge is 2.35. The second kappa shape index (κ2) is 5.49. The molecule has 1 aromatic rings. The lowest BCUT2D eigenvalue weighted by Crippen LogP contribution is -2.49. The van der Waals surface area contributed by atoms with Crippen molar-refractivity contribution in [2.24, 2.45) is 5.92 Å². The third kappa shape index (κ3) is 2.51. The summed E-state index contributed by atoms with van der Waals surface area (Å²) in [6.07, 6.45) is 7.31. The fraction of sp³-hybridized carbons (Fsp3) is 0.688. The Labute approximate surface area is 124 Å². The minimum Gasteiger partial charge on any atom is -0.394 e. The minimum absolute atomic E-state index is 0.0213. The van der Waals surface area contributed by atoms with Gasteiger partial charge in [-0.1, -0.05) is 19.8 Å². The SMILES string of the molecule is CC1CCc2c(C(=O)NC3(CO)CCCC3)csc2C1. The van der Waals surface area contributed by atoms with Crippen LogP contribution in [0.5, 0.6) is 0 Å². The van der Waals surface area contributed by atoms with Crippen molar-refractivity contribution in [3.8, 4) is 0 Å². The van der Waals surface area contributed by atoms with Crippen molar-refractivity contribution in [1.82, 2.24) is 5.32 Å². The lowest BCUT2D eigenvalue weighted by Gasteiger charge is -2.28. The summed E-state index contributed by atoms with van der Waals surface area (Å²) in [4.78, 5) is 14.0. The molecule has 110 valence electrons. The Balaban J connectivity index is 1.78. The predicted octanol–water partition coefficient (Wildman–Crippen LogP) is 2.91. The Morgan fingerprint density at radius 3 is 2.95 bits per heavy atom. The first-order chi connectivity index (χ1) is 9.63. The summed E-state index contributed by atoms with van der Waals surface area (Å²) in [6.45, 7) is 2.34. The summed E-state index contributed by atoms with van der Waals surface area (Å²) in [6, 6.07) is 0. The average molecular weight is 293 g/mol. The van der Waals surface area contributed by atoms with Crippen LogP contribution in [0.15, 0.2) is 5.38 Å². The van der Waals surface area contributed by atoms with E-state index in [1.165, 1.54) is 16.9 Å². The van der Waals surface area contributed by atoms with E-state index < -0.39 is 0 Å². The van der Waals surface area contributed by atoms with E-state index in [0.717, 1.165) is 50.0 Å². The lowest BCUT2D eigenvalue weighted by atomic mass is 9.88. The van der Waals surface area contributed by atoms with Crippen LogP contribution in [0, 0.1) is 5.92 Å². The highest BCUT2D eigenvalue weighted by Crippen LogP contribution is 2.34. The van der Waals surface area contributed by atoms with Crippen molar-refractivity contribution in [2.45, 2.75) is 57.4 Å². The van der Waals surface area contributed by atoms with E-state index in [-0.39, 0.29) is 18.1 Å². The first-order valence-electron chi connectivity index (χ1n) is 7.66. The molecule has 2 aliphatic carbocycles. The van der Waals surface area contributed by atoms with Gasteiger partial charge in [0.1, 0.15) is 0 Å². The predicted molar refractivity (Wildman–Crippen MR) is 81.3 cm³/mol.